The highest BCUT2D eigenvalue weighted by Crippen LogP contribution is 2.33. The van der Waals surface area contributed by atoms with Crippen molar-refractivity contribution in [2.75, 3.05) is 13.2 Å². The summed E-state index contributed by atoms with van der Waals surface area (Å²) in [5, 5.41) is 10.8. The molecule has 0 fully saturated rings. The predicted octanol–water partition coefficient (Wildman–Crippen LogP) is 4.94. The van der Waals surface area contributed by atoms with Gasteiger partial charge in [0.25, 0.3) is 5.91 Å². The van der Waals surface area contributed by atoms with E-state index in [4.69, 9.17) is 38.0 Å². The molecule has 3 aromatic rings. The second kappa shape index (κ2) is 14.4. The van der Waals surface area contributed by atoms with Gasteiger partial charge in [0.1, 0.15) is 23.9 Å². The van der Waals surface area contributed by atoms with Gasteiger partial charge in [-0.25, -0.2) is 14.6 Å². The second-order valence-corrected chi connectivity index (χ2v) is 9.85. The summed E-state index contributed by atoms with van der Waals surface area (Å²) >= 11 is 11.4. The molecule has 0 unspecified atom stereocenters. The van der Waals surface area contributed by atoms with Crippen LogP contribution in [0.1, 0.15) is 36.6 Å². The van der Waals surface area contributed by atoms with Crippen molar-refractivity contribution < 1.29 is 28.2 Å². The number of rotatable bonds is 11. The van der Waals surface area contributed by atoms with E-state index in [2.05, 4.69) is 21.2 Å². The van der Waals surface area contributed by atoms with Crippen molar-refractivity contribution in [3.63, 3.8) is 0 Å². The molecule has 0 aromatic heterocycles. The molecule has 12 heteroatoms. The number of carbonyl (C=O) groups is 2. The lowest BCUT2D eigenvalue weighted by atomic mass is 9.95. The number of benzene rings is 3. The summed E-state index contributed by atoms with van der Waals surface area (Å²) in [7, 11) is 0. The van der Waals surface area contributed by atoms with Crippen molar-refractivity contribution in [1.29, 1.82) is 0 Å². The maximum absolute atomic E-state index is 13.2. The van der Waals surface area contributed by atoms with E-state index >= 15 is 0 Å². The maximum atomic E-state index is 13.2. The molecule has 3 N–H and O–H groups in total. The van der Waals surface area contributed by atoms with Crippen molar-refractivity contribution in [2.45, 2.75) is 26.5 Å². The van der Waals surface area contributed by atoms with Gasteiger partial charge in [0, 0.05) is 21.8 Å². The van der Waals surface area contributed by atoms with Crippen LogP contribution in [0.25, 0.3) is 0 Å². The van der Waals surface area contributed by atoms with Gasteiger partial charge in [-0.3, -0.25) is 4.79 Å². The third-order valence-electron chi connectivity index (χ3n) is 6.03. The molecular formula is C30H28ClFN4O5S. The first kappa shape index (κ1) is 30.5. The van der Waals surface area contributed by atoms with Gasteiger partial charge in [-0.15, -0.1) is 0 Å². The molecule has 218 valence electrons. The van der Waals surface area contributed by atoms with Gasteiger partial charge in [-0.2, -0.15) is 5.10 Å². The summed E-state index contributed by atoms with van der Waals surface area (Å²) in [6.45, 7) is 3.52. The quantitative estimate of drug-likeness (QED) is 0.121. The van der Waals surface area contributed by atoms with Crippen LogP contribution in [0.5, 0.6) is 11.5 Å². The largest absolute Gasteiger partial charge is 0.488 e. The zero-order chi connectivity index (χ0) is 30.1. The van der Waals surface area contributed by atoms with Gasteiger partial charge in [-0.1, -0.05) is 41.9 Å². The Morgan fingerprint density at radius 2 is 1.86 bits per heavy atom. The minimum Gasteiger partial charge on any atom is -0.488 e. The fourth-order valence-corrected chi connectivity index (χ4v) is 4.55. The Balaban J connectivity index is 1.41. The molecule has 0 saturated carbocycles. The number of ether oxygens (including phenoxy) is 3. The van der Waals surface area contributed by atoms with Crippen LogP contribution in [0, 0.1) is 5.82 Å². The van der Waals surface area contributed by atoms with Gasteiger partial charge >= 0.3 is 5.97 Å². The van der Waals surface area contributed by atoms with Crippen LogP contribution < -0.4 is 25.5 Å². The molecule has 42 heavy (non-hydrogen) atoms. The minimum atomic E-state index is -0.647. The molecule has 0 spiro atoms. The maximum Gasteiger partial charge on any atom is 0.338 e. The van der Waals surface area contributed by atoms with E-state index in [1.165, 1.54) is 18.3 Å². The molecule has 1 aliphatic rings. The van der Waals surface area contributed by atoms with Crippen LogP contribution in [0.15, 0.2) is 83.1 Å². The van der Waals surface area contributed by atoms with E-state index in [1.807, 2.05) is 0 Å². The van der Waals surface area contributed by atoms with E-state index in [-0.39, 0.29) is 25.6 Å². The SMILES string of the molecule is CCOC(=O)C1=C(C)NC(=S)N[C@@H]1c1ccccc1OCC(=O)NN=Cc1cc(Cl)ccc1OCc1ccc(F)cc1. The number of halogens is 2. The first-order chi connectivity index (χ1) is 20.2. The molecule has 0 aliphatic carbocycles. The number of esters is 1. The normalized spacial score (nSPS) is 14.7. The smallest absolute Gasteiger partial charge is 0.338 e. The van der Waals surface area contributed by atoms with Gasteiger partial charge in [0.2, 0.25) is 0 Å². The van der Waals surface area contributed by atoms with Crippen molar-refractivity contribution >= 4 is 47.0 Å². The van der Waals surface area contributed by atoms with E-state index in [0.29, 0.717) is 44.0 Å². The summed E-state index contributed by atoms with van der Waals surface area (Å²) in [5.74, 6) is -0.504. The molecule has 1 amide bonds. The molecule has 3 aromatic carbocycles. The highest BCUT2D eigenvalue weighted by atomic mass is 35.5. The number of hydrazone groups is 1. The standard InChI is InChI=1S/C30H28ClFN4O5S/c1-3-39-29(38)27-18(2)34-30(42)35-28(27)23-6-4-5-7-25(23)41-17-26(37)36-33-15-20-14-21(31)10-13-24(20)40-16-19-8-11-22(32)12-9-19/h4-15,28H,3,16-17H2,1-2H3,(H,36,37)(H2,34,35,42)/t28-/m1/s1. The monoisotopic (exact) mass is 610 g/mol. The highest BCUT2D eigenvalue weighted by molar-refractivity contribution is 7.80. The summed E-state index contributed by atoms with van der Waals surface area (Å²) in [4.78, 5) is 25.3. The predicted molar refractivity (Wildman–Crippen MR) is 161 cm³/mol. The fourth-order valence-electron chi connectivity index (χ4n) is 4.10. The Morgan fingerprint density at radius 1 is 1.10 bits per heavy atom. The van der Waals surface area contributed by atoms with Crippen molar-refractivity contribution in [3.8, 4) is 11.5 Å². The van der Waals surface area contributed by atoms with Crippen molar-refractivity contribution in [1.82, 2.24) is 16.1 Å². The van der Waals surface area contributed by atoms with Gasteiger partial charge in [0.15, 0.2) is 11.7 Å². The van der Waals surface area contributed by atoms with Crippen LogP contribution in [0.3, 0.4) is 0 Å². The number of nitrogens with zero attached hydrogens (tertiary/aromatic N) is 1. The van der Waals surface area contributed by atoms with Gasteiger partial charge in [0.05, 0.1) is 24.4 Å². The van der Waals surface area contributed by atoms with Crippen LogP contribution in [0.4, 0.5) is 4.39 Å². The number of thiocarbonyl (C=S) groups is 1. The summed E-state index contributed by atoms with van der Waals surface area (Å²) in [6.07, 6.45) is 1.40. The van der Waals surface area contributed by atoms with Crippen molar-refractivity contribution in [2.24, 2.45) is 5.10 Å². The fraction of sp³-hybridized carbons (Fsp3) is 0.200. The lowest BCUT2D eigenvalue weighted by Gasteiger charge is -2.30. The Labute approximate surface area is 252 Å². The number of hydrogen-bond acceptors (Lipinski definition) is 7. The Bertz CT molecular complexity index is 1530. The van der Waals surface area contributed by atoms with E-state index < -0.39 is 17.9 Å². The average molecular weight is 611 g/mol. The molecule has 4 rings (SSSR count). The Hall–Kier alpha value is -4.48. The zero-order valence-corrected chi connectivity index (χ0v) is 24.4. The molecule has 0 radical (unpaired) electrons. The molecule has 1 aliphatic heterocycles. The molecule has 0 saturated heterocycles. The molecule has 1 heterocycles. The zero-order valence-electron chi connectivity index (χ0n) is 22.8. The third-order valence-corrected chi connectivity index (χ3v) is 6.48. The van der Waals surface area contributed by atoms with Crippen LogP contribution in [-0.4, -0.2) is 36.4 Å². The third kappa shape index (κ3) is 8.05. The van der Waals surface area contributed by atoms with E-state index in [1.54, 1.807) is 68.4 Å². The lowest BCUT2D eigenvalue weighted by Crippen LogP contribution is -2.45. The van der Waals surface area contributed by atoms with Gasteiger partial charge in [-0.05, 0) is 68.0 Å². The molecular weight excluding hydrogens is 583 g/mol. The number of nitrogens with one attached hydrogen (secondary N) is 3. The van der Waals surface area contributed by atoms with E-state index in [9.17, 15) is 14.0 Å². The Morgan fingerprint density at radius 3 is 2.62 bits per heavy atom. The Kier molecular flexibility index (Phi) is 10.5. The first-order valence-corrected chi connectivity index (χ1v) is 13.7. The number of hydrogen-bond donors (Lipinski definition) is 3. The number of allylic oxidation sites excluding steroid dienone is 1. The van der Waals surface area contributed by atoms with Gasteiger partial charge < -0.3 is 24.8 Å². The number of para-hydroxylation sites is 1. The highest BCUT2D eigenvalue weighted by Gasteiger charge is 2.32. The summed E-state index contributed by atoms with van der Waals surface area (Å²) in [5.41, 5.74) is 5.24. The summed E-state index contributed by atoms with van der Waals surface area (Å²) in [6, 6.07) is 17.3. The molecule has 1 atom stereocenters. The molecule has 9 nitrogen and oxygen atoms in total. The average Bonchev–Trinajstić information content (AvgIpc) is 2.96. The molecule has 0 bridgehead atoms. The first-order valence-electron chi connectivity index (χ1n) is 12.9. The van der Waals surface area contributed by atoms with Crippen LogP contribution in [0.2, 0.25) is 5.02 Å². The minimum absolute atomic E-state index is 0.200. The summed E-state index contributed by atoms with van der Waals surface area (Å²) < 4.78 is 30.1. The van der Waals surface area contributed by atoms with Crippen molar-refractivity contribution in [3.05, 3.63) is 106 Å². The lowest BCUT2D eigenvalue weighted by molar-refractivity contribution is -0.139. The second-order valence-electron chi connectivity index (χ2n) is 9.01. The number of amides is 1. The van der Waals surface area contributed by atoms with Crippen LogP contribution in [-0.2, 0) is 20.9 Å². The topological polar surface area (TPSA) is 110 Å². The van der Waals surface area contributed by atoms with E-state index in [0.717, 1.165) is 5.56 Å². The number of carbonyl (C=O) groups excluding carboxylic acids is 2. The van der Waals surface area contributed by atoms with Crippen LogP contribution >= 0.6 is 23.8 Å².